The van der Waals surface area contributed by atoms with Crippen LogP contribution in [0.3, 0.4) is 0 Å². The number of nitrogens with zero attached hydrogens (tertiary/aromatic N) is 1. The molecule has 0 heterocycles. The van der Waals surface area contributed by atoms with Gasteiger partial charge in [0.2, 0.25) is 0 Å². The lowest BCUT2D eigenvalue weighted by Gasteiger charge is -2.31. The fraction of sp³-hybridized carbons (Fsp3) is 0.143. The molecule has 0 amide bonds. The molecule has 0 aliphatic carbocycles. The Hall–Kier alpha value is -2.64. The van der Waals surface area contributed by atoms with E-state index in [1.54, 1.807) is 37.3 Å². The van der Waals surface area contributed by atoms with Crippen molar-refractivity contribution in [1.82, 2.24) is 0 Å². The van der Waals surface area contributed by atoms with Gasteiger partial charge in [0.15, 0.2) is 0 Å². The third-order valence-corrected chi connectivity index (χ3v) is 6.67. The Morgan fingerprint density at radius 2 is 1.62 bits per heavy atom. The molecule has 0 aliphatic heterocycles. The van der Waals surface area contributed by atoms with Gasteiger partial charge in [0.25, 0.3) is 10.0 Å². The van der Waals surface area contributed by atoms with Gasteiger partial charge in [-0.1, -0.05) is 29.8 Å². The van der Waals surface area contributed by atoms with E-state index in [1.807, 2.05) is 0 Å². The third-order valence-electron chi connectivity index (χ3n) is 4.48. The zero-order valence-corrected chi connectivity index (χ0v) is 17.2. The molecule has 3 rings (SSSR count). The van der Waals surface area contributed by atoms with Gasteiger partial charge in [0.05, 0.1) is 28.8 Å². The first-order valence-electron chi connectivity index (χ1n) is 8.63. The summed E-state index contributed by atoms with van der Waals surface area (Å²) in [6, 6.07) is 14.5. The first-order valence-corrected chi connectivity index (χ1v) is 10.5. The van der Waals surface area contributed by atoms with Crippen molar-refractivity contribution >= 4 is 27.3 Å². The molecule has 29 heavy (non-hydrogen) atoms. The van der Waals surface area contributed by atoms with E-state index in [2.05, 4.69) is 0 Å². The van der Waals surface area contributed by atoms with E-state index in [0.29, 0.717) is 11.4 Å². The van der Waals surface area contributed by atoms with Gasteiger partial charge in [0.1, 0.15) is 17.4 Å². The van der Waals surface area contributed by atoms with Gasteiger partial charge >= 0.3 is 0 Å². The number of anilines is 1. The summed E-state index contributed by atoms with van der Waals surface area (Å²) >= 11 is 5.80. The lowest BCUT2D eigenvalue weighted by molar-refractivity contribution is 0.415. The normalized spacial score (nSPS) is 12.4. The summed E-state index contributed by atoms with van der Waals surface area (Å²) in [6.07, 6.45) is 0. The van der Waals surface area contributed by atoms with Crippen molar-refractivity contribution in [3.63, 3.8) is 0 Å². The minimum atomic E-state index is -4.20. The van der Waals surface area contributed by atoms with Crippen LogP contribution in [0, 0.1) is 11.6 Å². The number of methoxy groups -OCH3 is 1. The van der Waals surface area contributed by atoms with Gasteiger partial charge in [-0.3, -0.25) is 4.31 Å². The zero-order valence-electron chi connectivity index (χ0n) is 15.6. The number of hydrogen-bond donors (Lipinski definition) is 0. The van der Waals surface area contributed by atoms with Gasteiger partial charge in [-0.05, 0) is 55.5 Å². The molecule has 3 aromatic carbocycles. The van der Waals surface area contributed by atoms with E-state index in [-0.39, 0.29) is 15.5 Å². The molecule has 1 atom stereocenters. The van der Waals surface area contributed by atoms with Crippen LogP contribution in [0.1, 0.15) is 18.5 Å². The number of rotatable bonds is 6. The van der Waals surface area contributed by atoms with Crippen molar-refractivity contribution in [1.29, 1.82) is 0 Å². The molecule has 8 heteroatoms. The van der Waals surface area contributed by atoms with Gasteiger partial charge in [-0.2, -0.15) is 0 Å². The van der Waals surface area contributed by atoms with Crippen LogP contribution in [0.25, 0.3) is 0 Å². The molecule has 1 unspecified atom stereocenters. The Morgan fingerprint density at radius 3 is 2.21 bits per heavy atom. The van der Waals surface area contributed by atoms with Gasteiger partial charge < -0.3 is 4.74 Å². The van der Waals surface area contributed by atoms with Crippen molar-refractivity contribution in [2.75, 3.05) is 11.4 Å². The molecular weight excluding hydrogens is 420 g/mol. The number of halogens is 3. The molecule has 4 nitrogen and oxygen atoms in total. The Balaban J connectivity index is 2.18. The summed E-state index contributed by atoms with van der Waals surface area (Å²) in [5.74, 6) is -0.732. The summed E-state index contributed by atoms with van der Waals surface area (Å²) in [5, 5.41) is -0.320. The second-order valence-electron chi connectivity index (χ2n) is 6.27. The van der Waals surface area contributed by atoms with Crippen LogP contribution in [-0.4, -0.2) is 15.5 Å². The molecule has 0 spiro atoms. The summed E-state index contributed by atoms with van der Waals surface area (Å²) in [6.45, 7) is 1.57. The molecule has 0 fully saturated rings. The molecule has 0 saturated heterocycles. The fourth-order valence-electron chi connectivity index (χ4n) is 2.99. The number of sulfonamides is 1. The number of hydrogen-bond acceptors (Lipinski definition) is 3. The molecular formula is C21H18ClF2NO3S. The molecule has 0 saturated carbocycles. The third kappa shape index (κ3) is 4.21. The number of ether oxygens (including phenoxy) is 1. The molecule has 3 aromatic rings. The lowest BCUT2D eigenvalue weighted by atomic mass is 10.1. The van der Waals surface area contributed by atoms with Crippen molar-refractivity contribution in [3.8, 4) is 5.75 Å². The van der Waals surface area contributed by atoms with Crippen molar-refractivity contribution in [3.05, 3.63) is 89.0 Å². The maximum absolute atomic E-state index is 14.4. The molecule has 0 N–H and O–H groups in total. The quantitative estimate of drug-likeness (QED) is 0.505. The average Bonchev–Trinajstić information content (AvgIpc) is 2.70. The zero-order chi connectivity index (χ0) is 21.2. The van der Waals surface area contributed by atoms with Crippen LogP contribution < -0.4 is 9.04 Å². The van der Waals surface area contributed by atoms with Crippen LogP contribution in [-0.2, 0) is 10.0 Å². The van der Waals surface area contributed by atoms with Crippen LogP contribution in [0.5, 0.6) is 5.75 Å². The first kappa shape index (κ1) is 21.1. The highest BCUT2D eigenvalue weighted by atomic mass is 35.5. The predicted molar refractivity (Wildman–Crippen MR) is 109 cm³/mol. The Bertz CT molecular complexity index is 1120. The van der Waals surface area contributed by atoms with Crippen LogP contribution in [0.4, 0.5) is 14.5 Å². The van der Waals surface area contributed by atoms with Crippen molar-refractivity contribution in [2.24, 2.45) is 0 Å². The van der Waals surface area contributed by atoms with E-state index in [0.717, 1.165) is 22.5 Å². The van der Waals surface area contributed by atoms with Crippen LogP contribution in [0.15, 0.2) is 71.6 Å². The standard InChI is InChI=1S/C21H18ClF2NO3S/c1-14(18-5-3-4-6-20(18)23)25(15-7-9-16(28-2)10-8-15)29(26,27)17-11-12-21(24)19(22)13-17/h3-14H,1-2H3. The Kier molecular flexibility index (Phi) is 6.10. The minimum Gasteiger partial charge on any atom is -0.497 e. The van der Waals surface area contributed by atoms with Gasteiger partial charge in [-0.25, -0.2) is 17.2 Å². The summed E-state index contributed by atoms with van der Waals surface area (Å²) < 4.78 is 61.1. The molecule has 0 aromatic heterocycles. The van der Waals surface area contributed by atoms with Gasteiger partial charge in [-0.15, -0.1) is 0 Å². The second kappa shape index (κ2) is 8.39. The maximum atomic E-state index is 14.4. The molecule has 0 aliphatic rings. The molecule has 0 radical (unpaired) electrons. The van der Waals surface area contributed by atoms with E-state index in [4.69, 9.17) is 16.3 Å². The highest BCUT2D eigenvalue weighted by Gasteiger charge is 2.32. The fourth-order valence-corrected chi connectivity index (χ4v) is 4.90. The monoisotopic (exact) mass is 437 g/mol. The van der Waals surface area contributed by atoms with Gasteiger partial charge in [0, 0.05) is 5.56 Å². The van der Waals surface area contributed by atoms with E-state index in [1.165, 1.54) is 25.3 Å². The maximum Gasteiger partial charge on any atom is 0.264 e. The van der Waals surface area contributed by atoms with Crippen molar-refractivity contribution in [2.45, 2.75) is 17.9 Å². The Labute approximate surface area is 173 Å². The molecule has 152 valence electrons. The van der Waals surface area contributed by atoms with E-state index >= 15 is 0 Å². The number of benzene rings is 3. The smallest absolute Gasteiger partial charge is 0.264 e. The predicted octanol–water partition coefficient (Wildman–Crippen LogP) is 5.58. The highest BCUT2D eigenvalue weighted by Crippen LogP contribution is 2.35. The summed E-state index contributed by atoms with van der Waals surface area (Å²) in [7, 11) is -2.71. The summed E-state index contributed by atoms with van der Waals surface area (Å²) in [5.41, 5.74) is 0.488. The lowest BCUT2D eigenvalue weighted by Crippen LogP contribution is -2.34. The minimum absolute atomic E-state index is 0.195. The SMILES string of the molecule is COc1ccc(N(C(C)c2ccccc2F)S(=O)(=O)c2ccc(F)c(Cl)c2)cc1. The van der Waals surface area contributed by atoms with Crippen LogP contribution in [0.2, 0.25) is 5.02 Å². The first-order chi connectivity index (χ1) is 13.8. The second-order valence-corrected chi connectivity index (χ2v) is 8.49. The highest BCUT2D eigenvalue weighted by molar-refractivity contribution is 7.92. The molecule has 0 bridgehead atoms. The summed E-state index contributed by atoms with van der Waals surface area (Å²) in [4.78, 5) is -0.206. The van der Waals surface area contributed by atoms with Crippen molar-refractivity contribution < 1.29 is 21.9 Å². The Morgan fingerprint density at radius 1 is 0.966 bits per heavy atom. The van der Waals surface area contributed by atoms with Crippen LogP contribution >= 0.6 is 11.6 Å². The van der Waals surface area contributed by atoms with E-state index in [9.17, 15) is 17.2 Å². The largest absolute Gasteiger partial charge is 0.497 e. The average molecular weight is 438 g/mol. The van der Waals surface area contributed by atoms with E-state index < -0.39 is 27.7 Å². The topological polar surface area (TPSA) is 46.6 Å².